The summed E-state index contributed by atoms with van der Waals surface area (Å²) in [6.45, 7) is 4.00. The van der Waals surface area contributed by atoms with Gasteiger partial charge in [-0.2, -0.15) is 0 Å². The number of halogens is 2. The first-order valence-electron chi connectivity index (χ1n) is 6.41. The highest BCUT2D eigenvalue weighted by Crippen LogP contribution is 2.16. The maximum atomic E-state index is 12.9. The molecule has 0 unspecified atom stereocenters. The van der Waals surface area contributed by atoms with Crippen molar-refractivity contribution in [2.24, 2.45) is 10.9 Å². The zero-order valence-electron chi connectivity index (χ0n) is 11.4. The first-order valence-corrected chi connectivity index (χ1v) is 6.41. The summed E-state index contributed by atoms with van der Waals surface area (Å²) in [5.41, 5.74) is 1.44. The highest BCUT2D eigenvalue weighted by Gasteiger charge is 2.06. The van der Waals surface area contributed by atoms with Gasteiger partial charge in [0.25, 0.3) is 0 Å². The van der Waals surface area contributed by atoms with Crippen molar-refractivity contribution < 1.29 is 8.78 Å². The number of benzene rings is 2. The van der Waals surface area contributed by atoms with Gasteiger partial charge in [-0.3, -0.25) is 0 Å². The van der Waals surface area contributed by atoms with Crippen LogP contribution in [0.5, 0.6) is 0 Å². The van der Waals surface area contributed by atoms with Gasteiger partial charge in [-0.05, 0) is 48.5 Å². The second-order valence-corrected chi connectivity index (χ2v) is 4.76. The van der Waals surface area contributed by atoms with Crippen molar-refractivity contribution in [3.05, 3.63) is 60.2 Å². The summed E-state index contributed by atoms with van der Waals surface area (Å²) in [4.78, 5) is 4.46. The molecule has 104 valence electrons. The van der Waals surface area contributed by atoms with E-state index in [1.807, 2.05) is 13.8 Å². The summed E-state index contributed by atoms with van der Waals surface area (Å²) >= 11 is 0. The van der Waals surface area contributed by atoms with Gasteiger partial charge < -0.3 is 5.32 Å². The fraction of sp³-hybridized carbons (Fsp3) is 0.188. The van der Waals surface area contributed by atoms with Crippen LogP contribution >= 0.6 is 0 Å². The third-order valence-electron chi connectivity index (χ3n) is 2.74. The standard InChI is InChI=1S/C16H16F2N2/c1-11(2)16(19-14-7-3-12(17)4-8-14)20-15-9-5-13(18)6-10-15/h3-11H,1-2H3,(H,19,20). The van der Waals surface area contributed by atoms with E-state index in [-0.39, 0.29) is 17.6 Å². The number of rotatable bonds is 3. The summed E-state index contributed by atoms with van der Waals surface area (Å²) in [7, 11) is 0. The quantitative estimate of drug-likeness (QED) is 0.633. The van der Waals surface area contributed by atoms with Crippen molar-refractivity contribution in [3.63, 3.8) is 0 Å². The Bertz CT molecular complexity index is 587. The Morgan fingerprint density at radius 2 is 1.40 bits per heavy atom. The topological polar surface area (TPSA) is 24.4 Å². The maximum Gasteiger partial charge on any atom is 0.123 e. The predicted molar refractivity (Wildman–Crippen MR) is 78.4 cm³/mol. The van der Waals surface area contributed by atoms with Gasteiger partial charge >= 0.3 is 0 Å². The fourth-order valence-corrected chi connectivity index (χ4v) is 1.64. The van der Waals surface area contributed by atoms with E-state index >= 15 is 0 Å². The maximum absolute atomic E-state index is 12.9. The van der Waals surface area contributed by atoms with Crippen molar-refractivity contribution in [3.8, 4) is 0 Å². The Balaban J connectivity index is 2.22. The van der Waals surface area contributed by atoms with Crippen LogP contribution in [0, 0.1) is 17.6 Å². The second kappa shape index (κ2) is 6.28. The van der Waals surface area contributed by atoms with Gasteiger partial charge in [0, 0.05) is 11.6 Å². The molecule has 0 aliphatic heterocycles. The van der Waals surface area contributed by atoms with Crippen molar-refractivity contribution >= 4 is 17.2 Å². The van der Waals surface area contributed by atoms with E-state index in [0.717, 1.165) is 11.5 Å². The Kier molecular flexibility index (Phi) is 4.45. The van der Waals surface area contributed by atoms with E-state index in [0.29, 0.717) is 5.69 Å². The Morgan fingerprint density at radius 1 is 0.900 bits per heavy atom. The van der Waals surface area contributed by atoms with Gasteiger partial charge in [-0.1, -0.05) is 13.8 Å². The van der Waals surface area contributed by atoms with Crippen molar-refractivity contribution in [2.45, 2.75) is 13.8 Å². The number of amidine groups is 1. The van der Waals surface area contributed by atoms with Crippen molar-refractivity contribution in [2.75, 3.05) is 5.32 Å². The number of hydrogen-bond acceptors (Lipinski definition) is 1. The number of hydrogen-bond donors (Lipinski definition) is 1. The molecule has 2 rings (SSSR count). The van der Waals surface area contributed by atoms with Gasteiger partial charge in [0.05, 0.1) is 5.69 Å². The summed E-state index contributed by atoms with van der Waals surface area (Å²) in [6, 6.07) is 12.0. The molecule has 0 aromatic heterocycles. The average molecular weight is 274 g/mol. The molecular weight excluding hydrogens is 258 g/mol. The molecule has 4 heteroatoms. The lowest BCUT2D eigenvalue weighted by molar-refractivity contribution is 0.627. The van der Waals surface area contributed by atoms with Crippen LogP contribution in [0.4, 0.5) is 20.2 Å². The lowest BCUT2D eigenvalue weighted by atomic mass is 10.2. The van der Waals surface area contributed by atoms with E-state index in [9.17, 15) is 8.78 Å². The first-order chi connectivity index (χ1) is 9.54. The molecule has 0 bridgehead atoms. The molecule has 0 spiro atoms. The SMILES string of the molecule is CC(C)C(=Nc1ccc(F)cc1)Nc1ccc(F)cc1. The van der Waals surface area contributed by atoms with Crippen LogP contribution in [-0.2, 0) is 0 Å². The van der Waals surface area contributed by atoms with Gasteiger partial charge in [-0.25, -0.2) is 13.8 Å². The lowest BCUT2D eigenvalue weighted by Gasteiger charge is -2.13. The molecule has 0 saturated heterocycles. The minimum Gasteiger partial charge on any atom is -0.344 e. The second-order valence-electron chi connectivity index (χ2n) is 4.76. The molecule has 2 aromatic rings. The predicted octanol–water partition coefficient (Wildman–Crippen LogP) is 4.76. The third-order valence-corrected chi connectivity index (χ3v) is 2.74. The van der Waals surface area contributed by atoms with E-state index in [1.165, 1.54) is 24.3 Å². The third kappa shape index (κ3) is 3.88. The minimum atomic E-state index is -0.290. The van der Waals surface area contributed by atoms with Gasteiger partial charge in [0.2, 0.25) is 0 Å². The molecule has 2 aromatic carbocycles. The number of anilines is 1. The van der Waals surface area contributed by atoms with Crippen molar-refractivity contribution in [1.29, 1.82) is 0 Å². The molecule has 0 fully saturated rings. The van der Waals surface area contributed by atoms with E-state index in [4.69, 9.17) is 0 Å². The fourth-order valence-electron chi connectivity index (χ4n) is 1.64. The molecule has 0 aliphatic rings. The molecule has 0 heterocycles. The summed E-state index contributed by atoms with van der Waals surface area (Å²) < 4.78 is 25.7. The van der Waals surface area contributed by atoms with Crippen LogP contribution in [0.15, 0.2) is 53.5 Å². The molecule has 0 atom stereocenters. The smallest absolute Gasteiger partial charge is 0.123 e. The zero-order chi connectivity index (χ0) is 14.5. The number of aliphatic imine (C=N–C) groups is 1. The average Bonchev–Trinajstić information content (AvgIpc) is 2.42. The van der Waals surface area contributed by atoms with E-state index < -0.39 is 0 Å². The van der Waals surface area contributed by atoms with Gasteiger partial charge in [0.1, 0.15) is 17.5 Å². The zero-order valence-corrected chi connectivity index (χ0v) is 11.4. The Labute approximate surface area is 117 Å². The number of nitrogens with one attached hydrogen (secondary N) is 1. The summed E-state index contributed by atoms with van der Waals surface area (Å²) in [6.07, 6.45) is 0. The van der Waals surface area contributed by atoms with E-state index in [2.05, 4.69) is 10.3 Å². The van der Waals surface area contributed by atoms with Crippen molar-refractivity contribution in [1.82, 2.24) is 0 Å². The molecular formula is C16H16F2N2. The highest BCUT2D eigenvalue weighted by atomic mass is 19.1. The Hall–Kier alpha value is -2.23. The molecule has 0 radical (unpaired) electrons. The molecule has 20 heavy (non-hydrogen) atoms. The van der Waals surface area contributed by atoms with Crippen LogP contribution in [-0.4, -0.2) is 5.84 Å². The van der Waals surface area contributed by atoms with Crippen LogP contribution in [0.3, 0.4) is 0 Å². The van der Waals surface area contributed by atoms with E-state index in [1.54, 1.807) is 24.3 Å². The molecule has 1 N–H and O–H groups in total. The van der Waals surface area contributed by atoms with Crippen LogP contribution < -0.4 is 5.32 Å². The monoisotopic (exact) mass is 274 g/mol. The lowest BCUT2D eigenvalue weighted by Crippen LogP contribution is -2.18. The summed E-state index contributed by atoms with van der Waals surface area (Å²) in [5.74, 6) is 0.326. The minimum absolute atomic E-state index is 0.158. The number of nitrogens with zero attached hydrogens (tertiary/aromatic N) is 1. The van der Waals surface area contributed by atoms with Gasteiger partial charge in [0.15, 0.2) is 0 Å². The highest BCUT2D eigenvalue weighted by molar-refractivity contribution is 5.98. The first kappa shape index (κ1) is 14.2. The Morgan fingerprint density at radius 3 is 1.90 bits per heavy atom. The summed E-state index contributed by atoms with van der Waals surface area (Å²) in [5, 5.41) is 3.16. The van der Waals surface area contributed by atoms with Crippen LogP contribution in [0.2, 0.25) is 0 Å². The molecule has 2 nitrogen and oxygen atoms in total. The normalized spacial score (nSPS) is 11.8. The molecule has 0 saturated carbocycles. The molecule has 0 aliphatic carbocycles. The largest absolute Gasteiger partial charge is 0.344 e. The van der Waals surface area contributed by atoms with Crippen LogP contribution in [0.1, 0.15) is 13.8 Å². The molecule has 0 amide bonds. The van der Waals surface area contributed by atoms with Crippen LogP contribution in [0.25, 0.3) is 0 Å². The van der Waals surface area contributed by atoms with Gasteiger partial charge in [-0.15, -0.1) is 0 Å².